The smallest absolute Gasteiger partial charge is 0.287 e. The van der Waals surface area contributed by atoms with Gasteiger partial charge in [0, 0.05) is 18.8 Å². The van der Waals surface area contributed by atoms with Crippen LogP contribution in [-0.4, -0.2) is 20.9 Å². The second-order valence-electron chi connectivity index (χ2n) is 6.54. The zero-order chi connectivity index (χ0) is 20.9. The van der Waals surface area contributed by atoms with Crippen LogP contribution in [-0.2, 0) is 13.2 Å². The fraction of sp³-hybridized carbons (Fsp3) is 0.0909. The van der Waals surface area contributed by atoms with Crippen molar-refractivity contribution in [2.45, 2.75) is 13.2 Å². The molecule has 8 heteroatoms. The first-order chi connectivity index (χ1) is 14.6. The lowest BCUT2D eigenvalue weighted by atomic mass is 10.2. The predicted molar refractivity (Wildman–Crippen MR) is 109 cm³/mol. The van der Waals surface area contributed by atoms with E-state index >= 15 is 0 Å². The van der Waals surface area contributed by atoms with Crippen LogP contribution in [0.1, 0.15) is 21.7 Å². The van der Waals surface area contributed by atoms with Crippen LogP contribution in [0, 0.1) is 5.82 Å². The third-order valence-corrected chi connectivity index (χ3v) is 4.36. The number of pyridine rings is 1. The second-order valence-corrected chi connectivity index (χ2v) is 6.54. The van der Waals surface area contributed by atoms with E-state index < -0.39 is 5.91 Å². The topological polar surface area (TPSA) is 97.0 Å². The Morgan fingerprint density at radius 2 is 1.93 bits per heavy atom. The molecule has 0 spiro atoms. The maximum atomic E-state index is 13.2. The summed E-state index contributed by atoms with van der Waals surface area (Å²) in [6, 6.07) is 16.3. The van der Waals surface area contributed by atoms with Crippen LogP contribution in [0.25, 0.3) is 10.9 Å². The van der Waals surface area contributed by atoms with Gasteiger partial charge in [-0.2, -0.15) is 0 Å². The Bertz CT molecular complexity index is 1270. The van der Waals surface area contributed by atoms with Crippen molar-refractivity contribution >= 4 is 16.8 Å². The summed E-state index contributed by atoms with van der Waals surface area (Å²) in [7, 11) is 0. The number of fused-ring (bicyclic) bond motifs is 1. The molecule has 0 aliphatic heterocycles. The molecule has 0 radical (unpaired) electrons. The number of benzene rings is 2. The van der Waals surface area contributed by atoms with Crippen LogP contribution in [0.5, 0.6) is 5.88 Å². The van der Waals surface area contributed by atoms with E-state index in [0.717, 1.165) is 5.56 Å². The molecule has 2 N–H and O–H groups in total. The van der Waals surface area contributed by atoms with Crippen molar-refractivity contribution in [1.82, 2.24) is 20.3 Å². The van der Waals surface area contributed by atoms with E-state index in [1.807, 2.05) is 0 Å². The number of ether oxygens (including phenoxy) is 1. The SMILES string of the molecule is O=C(NCc1ccnc(OCc2cccc(F)c2)c1)c1nc2ccccc2c(=O)[nH]1. The molecule has 4 rings (SSSR count). The number of para-hydroxylation sites is 1. The number of aromatic amines is 1. The largest absolute Gasteiger partial charge is 0.473 e. The molecule has 2 aromatic heterocycles. The first kappa shape index (κ1) is 19.3. The second kappa shape index (κ2) is 8.52. The lowest BCUT2D eigenvalue weighted by molar-refractivity contribution is 0.0940. The fourth-order valence-corrected chi connectivity index (χ4v) is 2.88. The summed E-state index contributed by atoms with van der Waals surface area (Å²) in [5.74, 6) is -0.545. The maximum absolute atomic E-state index is 13.2. The Balaban J connectivity index is 1.41. The van der Waals surface area contributed by atoms with Gasteiger partial charge in [0.15, 0.2) is 5.82 Å². The number of amides is 1. The number of hydrogen-bond acceptors (Lipinski definition) is 5. The average Bonchev–Trinajstić information content (AvgIpc) is 2.76. The van der Waals surface area contributed by atoms with Crippen LogP contribution in [0.3, 0.4) is 0 Å². The number of H-pyrrole nitrogens is 1. The highest BCUT2D eigenvalue weighted by Crippen LogP contribution is 2.13. The normalized spacial score (nSPS) is 10.7. The van der Waals surface area contributed by atoms with Gasteiger partial charge < -0.3 is 15.0 Å². The van der Waals surface area contributed by atoms with Crippen molar-refractivity contribution in [3.05, 3.63) is 100.0 Å². The van der Waals surface area contributed by atoms with E-state index in [0.29, 0.717) is 22.3 Å². The van der Waals surface area contributed by atoms with Crippen molar-refractivity contribution in [3.8, 4) is 5.88 Å². The first-order valence-corrected chi connectivity index (χ1v) is 9.18. The molecule has 0 atom stereocenters. The fourth-order valence-electron chi connectivity index (χ4n) is 2.88. The zero-order valence-corrected chi connectivity index (χ0v) is 15.8. The number of aromatic nitrogens is 3. The number of carbonyl (C=O) groups is 1. The van der Waals surface area contributed by atoms with Gasteiger partial charge in [0.2, 0.25) is 5.88 Å². The molecule has 0 aliphatic carbocycles. The summed E-state index contributed by atoms with van der Waals surface area (Å²) in [6.45, 7) is 0.358. The predicted octanol–water partition coefficient (Wildman–Crippen LogP) is 2.97. The number of nitrogens with zero attached hydrogens (tertiary/aromatic N) is 2. The van der Waals surface area contributed by atoms with Crippen molar-refractivity contribution < 1.29 is 13.9 Å². The minimum Gasteiger partial charge on any atom is -0.473 e. The number of halogens is 1. The van der Waals surface area contributed by atoms with Gasteiger partial charge in [-0.25, -0.2) is 14.4 Å². The van der Waals surface area contributed by atoms with E-state index in [1.165, 1.54) is 12.1 Å². The summed E-state index contributed by atoms with van der Waals surface area (Å²) in [6.07, 6.45) is 1.55. The Morgan fingerprint density at radius 3 is 2.80 bits per heavy atom. The van der Waals surface area contributed by atoms with Gasteiger partial charge in [-0.05, 0) is 41.5 Å². The molecule has 4 aromatic rings. The molecular formula is C22H17FN4O3. The number of carbonyl (C=O) groups excluding carboxylic acids is 1. The van der Waals surface area contributed by atoms with E-state index in [1.54, 1.807) is 54.7 Å². The van der Waals surface area contributed by atoms with Gasteiger partial charge in [-0.3, -0.25) is 9.59 Å². The third kappa shape index (κ3) is 4.49. The highest BCUT2D eigenvalue weighted by molar-refractivity contribution is 5.92. The van der Waals surface area contributed by atoms with Crippen LogP contribution >= 0.6 is 0 Å². The van der Waals surface area contributed by atoms with E-state index in [2.05, 4.69) is 20.3 Å². The molecule has 0 bridgehead atoms. The first-order valence-electron chi connectivity index (χ1n) is 9.18. The van der Waals surface area contributed by atoms with Gasteiger partial charge in [-0.15, -0.1) is 0 Å². The van der Waals surface area contributed by atoms with Crippen molar-refractivity contribution in [1.29, 1.82) is 0 Å². The Hall–Kier alpha value is -4.07. The summed E-state index contributed by atoms with van der Waals surface area (Å²) in [4.78, 5) is 35.3. The van der Waals surface area contributed by atoms with Gasteiger partial charge in [0.25, 0.3) is 11.5 Å². The minimum atomic E-state index is -0.503. The molecule has 0 saturated carbocycles. The zero-order valence-electron chi connectivity index (χ0n) is 15.8. The van der Waals surface area contributed by atoms with Gasteiger partial charge in [0.1, 0.15) is 12.4 Å². The van der Waals surface area contributed by atoms with Crippen LogP contribution in [0.15, 0.2) is 71.7 Å². The summed E-state index contributed by atoms with van der Waals surface area (Å²) in [5.41, 5.74) is 1.50. The number of nitrogens with one attached hydrogen (secondary N) is 2. The molecule has 2 aromatic carbocycles. The minimum absolute atomic E-state index is 0.0599. The number of rotatable bonds is 6. The lowest BCUT2D eigenvalue weighted by Crippen LogP contribution is -2.27. The van der Waals surface area contributed by atoms with E-state index in [4.69, 9.17) is 4.74 Å². The molecule has 150 valence electrons. The third-order valence-electron chi connectivity index (χ3n) is 4.36. The highest BCUT2D eigenvalue weighted by atomic mass is 19.1. The van der Waals surface area contributed by atoms with Crippen molar-refractivity contribution in [2.75, 3.05) is 0 Å². The quantitative estimate of drug-likeness (QED) is 0.515. The van der Waals surface area contributed by atoms with Crippen LogP contribution < -0.4 is 15.6 Å². The molecule has 2 heterocycles. The van der Waals surface area contributed by atoms with E-state index in [-0.39, 0.29) is 30.4 Å². The standard InChI is InChI=1S/C22H17FN4O3/c23-16-5-3-4-15(10-16)13-30-19-11-14(8-9-24-19)12-25-22(29)20-26-18-7-2-1-6-17(18)21(28)27-20/h1-11H,12-13H2,(H,25,29)(H,26,27,28). The van der Waals surface area contributed by atoms with Crippen LogP contribution in [0.2, 0.25) is 0 Å². The Morgan fingerprint density at radius 1 is 1.07 bits per heavy atom. The van der Waals surface area contributed by atoms with Crippen molar-refractivity contribution in [2.24, 2.45) is 0 Å². The monoisotopic (exact) mass is 404 g/mol. The highest BCUT2D eigenvalue weighted by Gasteiger charge is 2.11. The molecule has 1 amide bonds. The lowest BCUT2D eigenvalue weighted by Gasteiger charge is -2.08. The van der Waals surface area contributed by atoms with E-state index in [9.17, 15) is 14.0 Å². The molecule has 7 nitrogen and oxygen atoms in total. The molecule has 0 unspecified atom stereocenters. The van der Waals surface area contributed by atoms with Crippen LogP contribution in [0.4, 0.5) is 4.39 Å². The maximum Gasteiger partial charge on any atom is 0.287 e. The molecule has 30 heavy (non-hydrogen) atoms. The summed E-state index contributed by atoms with van der Waals surface area (Å²) >= 11 is 0. The van der Waals surface area contributed by atoms with Gasteiger partial charge >= 0.3 is 0 Å². The molecule has 0 saturated heterocycles. The summed E-state index contributed by atoms with van der Waals surface area (Å²) in [5, 5.41) is 3.13. The Kier molecular flexibility index (Phi) is 5.47. The molecular weight excluding hydrogens is 387 g/mol. The Labute approximate surface area is 170 Å². The average molecular weight is 404 g/mol. The van der Waals surface area contributed by atoms with Gasteiger partial charge in [0.05, 0.1) is 10.9 Å². The molecule has 0 aliphatic rings. The summed E-state index contributed by atoms with van der Waals surface area (Å²) < 4.78 is 18.8. The molecule has 0 fully saturated rings. The number of hydrogen-bond donors (Lipinski definition) is 2. The van der Waals surface area contributed by atoms with Gasteiger partial charge in [-0.1, -0.05) is 24.3 Å². The van der Waals surface area contributed by atoms with Crippen molar-refractivity contribution in [3.63, 3.8) is 0 Å².